The van der Waals surface area contributed by atoms with E-state index >= 15 is 0 Å². The van der Waals surface area contributed by atoms with Gasteiger partial charge in [0.2, 0.25) is 0 Å². The minimum absolute atomic E-state index is 0.0277. The molecule has 0 bridgehead atoms. The number of likely N-dealkylation sites (tertiary alicyclic amines) is 1. The fourth-order valence-corrected chi connectivity index (χ4v) is 4.54. The van der Waals surface area contributed by atoms with E-state index in [1.165, 1.54) is 32.1 Å². The van der Waals surface area contributed by atoms with Gasteiger partial charge in [-0.1, -0.05) is 19.3 Å². The van der Waals surface area contributed by atoms with Crippen molar-refractivity contribution < 1.29 is 14.3 Å². The number of ether oxygens (including phenoxy) is 2. The Hall–Kier alpha value is -0.850. The molecule has 0 radical (unpaired) electrons. The van der Waals surface area contributed by atoms with E-state index in [2.05, 4.69) is 5.32 Å². The topological polar surface area (TPSA) is 76.8 Å². The molecule has 3 N–H and O–H groups in total. The van der Waals surface area contributed by atoms with Crippen LogP contribution in [0.1, 0.15) is 59.3 Å². The first-order chi connectivity index (χ1) is 11.8. The van der Waals surface area contributed by atoms with E-state index in [1.807, 2.05) is 20.8 Å². The zero-order valence-corrected chi connectivity index (χ0v) is 16.1. The summed E-state index contributed by atoms with van der Waals surface area (Å²) in [7, 11) is 0. The number of hydrogen-bond acceptors (Lipinski definition) is 5. The van der Waals surface area contributed by atoms with Gasteiger partial charge in [0, 0.05) is 12.6 Å². The van der Waals surface area contributed by atoms with E-state index < -0.39 is 5.60 Å². The van der Waals surface area contributed by atoms with Crippen LogP contribution in [0.3, 0.4) is 0 Å². The Bertz CT molecular complexity index is 467. The van der Waals surface area contributed by atoms with Gasteiger partial charge < -0.3 is 25.4 Å². The summed E-state index contributed by atoms with van der Waals surface area (Å²) in [6.07, 6.45) is 7.14. The number of hydrogen-bond donors (Lipinski definition) is 2. The number of carbonyl (C=O) groups is 1. The molecule has 2 unspecified atom stereocenters. The average Bonchev–Trinajstić information content (AvgIpc) is 2.51. The molecule has 2 heterocycles. The van der Waals surface area contributed by atoms with Crippen LogP contribution in [-0.2, 0) is 9.47 Å². The molecule has 3 aliphatic rings. The number of nitrogens with two attached hydrogens (primary N) is 1. The SMILES string of the molecule is CC(C)(C)OC(=O)N1CC(OC2(C3CCCCC3)CCNCC2N)C1. The summed E-state index contributed by atoms with van der Waals surface area (Å²) >= 11 is 0. The molecule has 0 spiro atoms. The second-order valence-electron chi connectivity index (χ2n) is 8.98. The van der Waals surface area contributed by atoms with Crippen LogP contribution in [-0.4, -0.2) is 60.5 Å². The minimum atomic E-state index is -0.455. The number of amides is 1. The Labute approximate surface area is 151 Å². The van der Waals surface area contributed by atoms with Crippen LogP contribution in [0.15, 0.2) is 0 Å². The summed E-state index contributed by atoms with van der Waals surface area (Å²) < 4.78 is 12.1. The molecule has 6 heteroatoms. The van der Waals surface area contributed by atoms with Crippen LogP contribution in [0.4, 0.5) is 4.79 Å². The second-order valence-corrected chi connectivity index (χ2v) is 8.98. The van der Waals surface area contributed by atoms with E-state index in [1.54, 1.807) is 4.90 Å². The first-order valence-electron chi connectivity index (χ1n) is 9.92. The lowest BCUT2D eigenvalue weighted by Crippen LogP contribution is -2.68. The molecule has 0 aromatic rings. The van der Waals surface area contributed by atoms with Crippen LogP contribution in [0, 0.1) is 5.92 Å². The van der Waals surface area contributed by atoms with Crippen LogP contribution in [0.2, 0.25) is 0 Å². The van der Waals surface area contributed by atoms with Gasteiger partial charge in [0.25, 0.3) is 0 Å². The molecule has 2 atom stereocenters. The summed E-state index contributed by atoms with van der Waals surface area (Å²) in [6, 6.07) is 0.0277. The molecule has 3 fully saturated rings. The fraction of sp³-hybridized carbons (Fsp3) is 0.947. The first-order valence-corrected chi connectivity index (χ1v) is 9.92. The van der Waals surface area contributed by atoms with E-state index in [4.69, 9.17) is 15.2 Å². The molecule has 6 nitrogen and oxygen atoms in total. The number of carbonyl (C=O) groups excluding carboxylic acids is 1. The van der Waals surface area contributed by atoms with Crippen LogP contribution >= 0.6 is 0 Å². The van der Waals surface area contributed by atoms with Crippen molar-refractivity contribution in [3.8, 4) is 0 Å². The van der Waals surface area contributed by atoms with Gasteiger partial charge in [-0.25, -0.2) is 4.79 Å². The maximum atomic E-state index is 12.1. The molecule has 25 heavy (non-hydrogen) atoms. The van der Waals surface area contributed by atoms with Crippen molar-refractivity contribution >= 4 is 6.09 Å². The van der Waals surface area contributed by atoms with Crippen LogP contribution < -0.4 is 11.1 Å². The van der Waals surface area contributed by atoms with Crippen molar-refractivity contribution in [2.24, 2.45) is 11.7 Å². The lowest BCUT2D eigenvalue weighted by atomic mass is 9.70. The van der Waals surface area contributed by atoms with E-state index in [9.17, 15) is 4.79 Å². The van der Waals surface area contributed by atoms with Gasteiger partial charge in [0.05, 0.1) is 24.8 Å². The predicted octanol–water partition coefficient (Wildman–Crippen LogP) is 2.26. The average molecular weight is 354 g/mol. The van der Waals surface area contributed by atoms with Gasteiger partial charge >= 0.3 is 6.09 Å². The van der Waals surface area contributed by atoms with Crippen LogP contribution in [0.25, 0.3) is 0 Å². The molecule has 3 rings (SSSR count). The second kappa shape index (κ2) is 7.41. The standard InChI is InChI=1S/C19H35N3O3/c1-18(2,3)25-17(23)22-12-15(13-22)24-19(9-10-21-11-16(19)20)14-7-5-4-6-8-14/h14-16,21H,4-13,20H2,1-3H3. The van der Waals surface area contributed by atoms with E-state index in [0.29, 0.717) is 19.0 Å². The monoisotopic (exact) mass is 353 g/mol. The van der Waals surface area contributed by atoms with Crippen molar-refractivity contribution in [2.45, 2.75) is 82.6 Å². The molecular weight excluding hydrogens is 318 g/mol. The molecule has 1 amide bonds. The van der Waals surface area contributed by atoms with Crippen molar-refractivity contribution in [3.05, 3.63) is 0 Å². The van der Waals surface area contributed by atoms with Crippen molar-refractivity contribution in [3.63, 3.8) is 0 Å². The third-order valence-electron chi connectivity index (χ3n) is 5.87. The third-order valence-corrected chi connectivity index (χ3v) is 5.87. The van der Waals surface area contributed by atoms with Crippen LogP contribution in [0.5, 0.6) is 0 Å². The Balaban J connectivity index is 1.60. The summed E-state index contributed by atoms with van der Waals surface area (Å²) in [5.41, 5.74) is 5.88. The third kappa shape index (κ3) is 4.29. The van der Waals surface area contributed by atoms with Gasteiger partial charge in [0.15, 0.2) is 0 Å². The number of rotatable bonds is 3. The normalized spacial score (nSPS) is 32.3. The summed E-state index contributed by atoms with van der Waals surface area (Å²) in [5.74, 6) is 0.550. The highest BCUT2D eigenvalue weighted by molar-refractivity contribution is 5.69. The quantitative estimate of drug-likeness (QED) is 0.814. The maximum absolute atomic E-state index is 12.1. The molecule has 0 aromatic heterocycles. The Morgan fingerprint density at radius 3 is 2.48 bits per heavy atom. The zero-order chi connectivity index (χ0) is 18.1. The highest BCUT2D eigenvalue weighted by Crippen LogP contribution is 2.41. The molecular formula is C19H35N3O3. The van der Waals surface area contributed by atoms with Gasteiger partial charge in [-0.2, -0.15) is 0 Å². The maximum Gasteiger partial charge on any atom is 0.410 e. The highest BCUT2D eigenvalue weighted by Gasteiger charge is 2.50. The summed E-state index contributed by atoms with van der Waals surface area (Å²) in [6.45, 7) is 8.69. The number of nitrogens with zero attached hydrogens (tertiary/aromatic N) is 1. The number of nitrogens with one attached hydrogen (secondary N) is 1. The Morgan fingerprint density at radius 1 is 1.20 bits per heavy atom. The fourth-order valence-electron chi connectivity index (χ4n) is 4.54. The van der Waals surface area contributed by atoms with E-state index in [-0.39, 0.29) is 23.8 Å². The van der Waals surface area contributed by atoms with Crippen molar-refractivity contribution in [1.29, 1.82) is 0 Å². The molecule has 2 saturated heterocycles. The lowest BCUT2D eigenvalue weighted by molar-refractivity contribution is -0.190. The highest BCUT2D eigenvalue weighted by atomic mass is 16.6. The summed E-state index contributed by atoms with van der Waals surface area (Å²) in [5, 5.41) is 3.40. The first kappa shape index (κ1) is 18.9. The van der Waals surface area contributed by atoms with Gasteiger partial charge in [-0.3, -0.25) is 0 Å². The van der Waals surface area contributed by atoms with Crippen molar-refractivity contribution in [2.75, 3.05) is 26.2 Å². The zero-order valence-electron chi connectivity index (χ0n) is 16.1. The molecule has 1 aliphatic carbocycles. The van der Waals surface area contributed by atoms with Gasteiger partial charge in [-0.15, -0.1) is 0 Å². The largest absolute Gasteiger partial charge is 0.444 e. The minimum Gasteiger partial charge on any atom is -0.444 e. The molecule has 144 valence electrons. The summed E-state index contributed by atoms with van der Waals surface area (Å²) in [4.78, 5) is 13.9. The lowest BCUT2D eigenvalue weighted by Gasteiger charge is -2.53. The molecule has 2 aliphatic heterocycles. The smallest absolute Gasteiger partial charge is 0.410 e. The van der Waals surface area contributed by atoms with E-state index in [0.717, 1.165) is 19.5 Å². The number of piperidine rings is 1. The Kier molecular flexibility index (Phi) is 5.61. The van der Waals surface area contributed by atoms with Crippen molar-refractivity contribution in [1.82, 2.24) is 10.2 Å². The van der Waals surface area contributed by atoms with Gasteiger partial charge in [0.1, 0.15) is 5.60 Å². The Morgan fingerprint density at radius 2 is 1.88 bits per heavy atom. The molecule has 0 aromatic carbocycles. The predicted molar refractivity (Wildman–Crippen MR) is 97.4 cm³/mol. The van der Waals surface area contributed by atoms with Gasteiger partial charge in [-0.05, 0) is 52.5 Å². The molecule has 1 saturated carbocycles.